The van der Waals surface area contributed by atoms with Crippen molar-refractivity contribution in [2.75, 3.05) is 0 Å². The first-order valence-electron chi connectivity index (χ1n) is 8.33. The van der Waals surface area contributed by atoms with Gasteiger partial charge in [-0.1, -0.05) is 30.4 Å². The third-order valence-electron chi connectivity index (χ3n) is 4.14. The van der Waals surface area contributed by atoms with Crippen molar-refractivity contribution in [1.82, 2.24) is 9.78 Å². The Morgan fingerprint density at radius 3 is 2.62 bits per heavy atom. The Labute approximate surface area is 168 Å². The zero-order valence-corrected chi connectivity index (χ0v) is 17.2. The van der Waals surface area contributed by atoms with Gasteiger partial charge in [0, 0.05) is 14.7 Å². The molecule has 0 radical (unpaired) electrons. The summed E-state index contributed by atoms with van der Waals surface area (Å²) in [6.07, 6.45) is 2.34. The minimum Gasteiger partial charge on any atom is -0.478 e. The molecule has 6 nitrogen and oxygen atoms in total. The van der Waals surface area contributed by atoms with Gasteiger partial charge in [-0.25, -0.2) is 9.48 Å². The number of benzene rings is 1. The van der Waals surface area contributed by atoms with Crippen LogP contribution in [-0.2, 0) is 22.6 Å². The van der Waals surface area contributed by atoms with Crippen LogP contribution in [0.1, 0.15) is 36.8 Å². The average molecular weight is 483 g/mol. The van der Waals surface area contributed by atoms with Crippen molar-refractivity contribution in [2.45, 2.75) is 39.2 Å². The summed E-state index contributed by atoms with van der Waals surface area (Å²) in [4.78, 5) is 28.6. The van der Waals surface area contributed by atoms with Crippen LogP contribution in [0.5, 0.6) is 0 Å². The number of amides is 1. The van der Waals surface area contributed by atoms with E-state index in [0.717, 1.165) is 20.6 Å². The molecule has 1 aromatic heterocycles. The van der Waals surface area contributed by atoms with E-state index in [-0.39, 0.29) is 5.57 Å². The first kappa shape index (κ1) is 19.0. The molecule has 0 fully saturated rings. The molecule has 136 valence electrons. The summed E-state index contributed by atoms with van der Waals surface area (Å²) >= 11 is 3.62. The van der Waals surface area contributed by atoms with Crippen LogP contribution in [0, 0.1) is 3.57 Å². The Morgan fingerprint density at radius 1 is 1.27 bits per heavy atom. The van der Waals surface area contributed by atoms with Crippen molar-refractivity contribution >= 4 is 45.8 Å². The second kappa shape index (κ2) is 8.26. The number of nitrogens with zero attached hydrogens (tertiary/aromatic N) is 3. The fourth-order valence-corrected chi connectivity index (χ4v) is 4.01. The summed E-state index contributed by atoms with van der Waals surface area (Å²) < 4.78 is 2.87. The molecule has 1 aromatic carbocycles. The molecule has 0 unspecified atom stereocenters. The number of halogens is 1. The predicted octanol–water partition coefficient (Wildman–Crippen LogP) is 3.15. The monoisotopic (exact) mass is 483 g/mol. The Balaban J connectivity index is 1.96. The molecule has 3 rings (SSSR count). The predicted molar refractivity (Wildman–Crippen MR) is 107 cm³/mol. The fraction of sp³-hybridized carbons (Fsp3) is 0.333. The van der Waals surface area contributed by atoms with Crippen LogP contribution >= 0.6 is 33.9 Å². The number of aryl methyl sites for hydroxylation is 1. The Morgan fingerprint density at radius 2 is 1.96 bits per heavy atom. The Kier molecular flexibility index (Phi) is 6.02. The van der Waals surface area contributed by atoms with Gasteiger partial charge >= 0.3 is 5.97 Å². The van der Waals surface area contributed by atoms with Crippen molar-refractivity contribution in [3.05, 3.63) is 54.4 Å². The first-order chi connectivity index (χ1) is 12.5. The van der Waals surface area contributed by atoms with Gasteiger partial charge in [0.25, 0.3) is 5.91 Å². The second-order valence-electron chi connectivity index (χ2n) is 5.95. The first-order valence-corrected chi connectivity index (χ1v) is 10.2. The van der Waals surface area contributed by atoms with Crippen LogP contribution < -0.4 is 4.80 Å². The van der Waals surface area contributed by atoms with Crippen LogP contribution in [0.25, 0.3) is 0 Å². The molecule has 0 aliphatic heterocycles. The summed E-state index contributed by atoms with van der Waals surface area (Å²) in [6.45, 7) is 2.52. The van der Waals surface area contributed by atoms with E-state index in [4.69, 9.17) is 0 Å². The maximum absolute atomic E-state index is 12.6. The fourth-order valence-electron chi connectivity index (χ4n) is 2.82. The Bertz CT molecular complexity index is 941. The number of carbonyl (C=O) groups excluding carboxylic acids is 1. The van der Waals surface area contributed by atoms with E-state index in [2.05, 4.69) is 32.7 Å². The lowest BCUT2D eigenvalue weighted by Crippen LogP contribution is -2.20. The van der Waals surface area contributed by atoms with Crippen molar-refractivity contribution in [2.24, 2.45) is 4.99 Å². The van der Waals surface area contributed by atoms with Gasteiger partial charge < -0.3 is 5.11 Å². The molecular formula is C18H18IN3O3S. The van der Waals surface area contributed by atoms with Gasteiger partial charge in [0.1, 0.15) is 5.01 Å². The zero-order chi connectivity index (χ0) is 18.7. The maximum Gasteiger partial charge on any atom is 0.332 e. The summed E-state index contributed by atoms with van der Waals surface area (Å²) in [7, 11) is 0. The van der Waals surface area contributed by atoms with Crippen molar-refractivity contribution in [3.63, 3.8) is 0 Å². The molecule has 1 aliphatic carbocycles. The molecule has 1 aliphatic rings. The average Bonchev–Trinajstić information content (AvgIpc) is 3.24. The van der Waals surface area contributed by atoms with Gasteiger partial charge in [0.05, 0.1) is 6.54 Å². The number of carboxylic acid groups (broad SMARTS) is 1. The van der Waals surface area contributed by atoms with E-state index in [9.17, 15) is 14.7 Å². The number of carbonyl (C=O) groups is 2. The molecular weight excluding hydrogens is 465 g/mol. The van der Waals surface area contributed by atoms with Crippen molar-refractivity contribution < 1.29 is 14.7 Å². The van der Waals surface area contributed by atoms with Crippen LogP contribution in [0.3, 0.4) is 0 Å². The van der Waals surface area contributed by atoms with E-state index in [0.29, 0.717) is 36.2 Å². The third-order valence-corrected chi connectivity index (χ3v) is 5.95. The molecule has 2 aromatic rings. The number of carboxylic acids is 1. The van der Waals surface area contributed by atoms with E-state index in [1.54, 1.807) is 4.68 Å². The molecule has 1 heterocycles. The minimum absolute atomic E-state index is 0.197. The molecule has 0 atom stereocenters. The number of aliphatic carboxylic acids is 1. The maximum atomic E-state index is 12.6. The third kappa shape index (κ3) is 4.29. The summed E-state index contributed by atoms with van der Waals surface area (Å²) in [6, 6.07) is 8.09. The number of hydrogen-bond acceptors (Lipinski definition) is 4. The number of rotatable bonds is 5. The molecule has 0 spiro atoms. The lowest BCUT2D eigenvalue weighted by molar-refractivity contribution is -0.133. The highest BCUT2D eigenvalue weighted by molar-refractivity contribution is 14.1. The molecule has 8 heteroatoms. The highest BCUT2D eigenvalue weighted by Crippen LogP contribution is 2.27. The summed E-state index contributed by atoms with van der Waals surface area (Å²) in [5.74, 6) is -1.48. The van der Waals surface area contributed by atoms with Crippen LogP contribution in [0.15, 0.2) is 40.4 Å². The topological polar surface area (TPSA) is 84.5 Å². The summed E-state index contributed by atoms with van der Waals surface area (Å²) in [5.41, 5.74) is 1.59. The SMILES string of the molecule is CCc1nn(Cc2ccc(I)cc2)c(=NC(=O)C2=C(C(=O)O)CCC2)s1. The van der Waals surface area contributed by atoms with Gasteiger partial charge in [-0.05, 0) is 66.0 Å². The van der Waals surface area contributed by atoms with E-state index in [1.165, 1.54) is 11.3 Å². The quantitative estimate of drug-likeness (QED) is 0.663. The van der Waals surface area contributed by atoms with Gasteiger partial charge in [0.2, 0.25) is 4.80 Å². The molecule has 1 amide bonds. The van der Waals surface area contributed by atoms with E-state index >= 15 is 0 Å². The lowest BCUT2D eigenvalue weighted by Gasteiger charge is -2.03. The van der Waals surface area contributed by atoms with Gasteiger partial charge in [-0.3, -0.25) is 4.79 Å². The highest BCUT2D eigenvalue weighted by atomic mass is 127. The molecule has 0 saturated carbocycles. The molecule has 0 bridgehead atoms. The number of hydrogen-bond donors (Lipinski definition) is 1. The van der Waals surface area contributed by atoms with Crippen LogP contribution in [0.4, 0.5) is 0 Å². The van der Waals surface area contributed by atoms with Gasteiger partial charge in [-0.15, -0.1) is 0 Å². The van der Waals surface area contributed by atoms with Crippen molar-refractivity contribution in [3.8, 4) is 0 Å². The minimum atomic E-state index is -1.02. The van der Waals surface area contributed by atoms with Crippen LogP contribution in [0.2, 0.25) is 0 Å². The van der Waals surface area contributed by atoms with Crippen LogP contribution in [-0.4, -0.2) is 26.8 Å². The normalized spacial score (nSPS) is 14.9. The Hall–Kier alpha value is -1.81. The molecule has 0 saturated heterocycles. The van der Waals surface area contributed by atoms with E-state index in [1.807, 2.05) is 31.2 Å². The summed E-state index contributed by atoms with van der Waals surface area (Å²) in [5, 5.41) is 14.7. The van der Waals surface area contributed by atoms with Gasteiger partial charge in [0.15, 0.2) is 0 Å². The highest BCUT2D eigenvalue weighted by Gasteiger charge is 2.25. The van der Waals surface area contributed by atoms with E-state index < -0.39 is 11.9 Å². The van der Waals surface area contributed by atoms with Gasteiger partial charge in [-0.2, -0.15) is 10.1 Å². The smallest absolute Gasteiger partial charge is 0.332 e. The number of aromatic nitrogens is 2. The zero-order valence-electron chi connectivity index (χ0n) is 14.2. The second-order valence-corrected chi connectivity index (χ2v) is 8.23. The van der Waals surface area contributed by atoms with Crippen molar-refractivity contribution in [1.29, 1.82) is 0 Å². The lowest BCUT2D eigenvalue weighted by atomic mass is 10.1. The largest absolute Gasteiger partial charge is 0.478 e. The standard InChI is InChI=1S/C18H18IN3O3S/c1-2-15-21-22(10-11-6-8-12(19)9-7-11)18(26-15)20-16(23)13-4-3-5-14(13)17(24)25/h6-9H,2-5,10H2,1H3,(H,24,25). The molecule has 1 N–H and O–H groups in total. The molecule has 26 heavy (non-hydrogen) atoms.